The normalized spacial score (nSPS) is 20.7. The molecule has 1 atom stereocenters. The van der Waals surface area contributed by atoms with Crippen molar-refractivity contribution >= 4 is 10.0 Å². The third-order valence-corrected chi connectivity index (χ3v) is 5.57. The molecule has 1 N–H and O–H groups in total. The molecule has 0 saturated carbocycles. The largest absolute Gasteiger partial charge is 0.495 e. The minimum Gasteiger partial charge on any atom is -0.495 e. The standard InChI is InChI=1S/C15H24N2O3S/c1-12(2)10-13-11-17(9-8-16-13)21(18,19)15-7-5-4-6-14(15)20-3/h4-7,12-13,16H,8-11H2,1-3H3. The molecule has 5 nitrogen and oxygen atoms in total. The summed E-state index contributed by atoms with van der Waals surface area (Å²) in [5.41, 5.74) is 0. The Morgan fingerprint density at radius 2 is 2.10 bits per heavy atom. The Hall–Kier alpha value is -1.11. The smallest absolute Gasteiger partial charge is 0.246 e. The molecule has 1 unspecified atom stereocenters. The molecule has 2 rings (SSSR count). The lowest BCUT2D eigenvalue weighted by atomic mass is 10.0. The van der Waals surface area contributed by atoms with E-state index >= 15 is 0 Å². The van der Waals surface area contributed by atoms with Crippen LogP contribution in [0.15, 0.2) is 29.2 Å². The van der Waals surface area contributed by atoms with Gasteiger partial charge in [-0.15, -0.1) is 0 Å². The first kappa shape index (κ1) is 16.3. The van der Waals surface area contributed by atoms with Gasteiger partial charge in [-0.2, -0.15) is 4.31 Å². The molecule has 1 aliphatic rings. The summed E-state index contributed by atoms with van der Waals surface area (Å²) >= 11 is 0. The van der Waals surface area contributed by atoms with Crippen LogP contribution in [0.1, 0.15) is 20.3 Å². The molecular formula is C15H24N2O3S. The Balaban J connectivity index is 2.22. The Labute approximate surface area is 127 Å². The molecule has 0 aliphatic carbocycles. The summed E-state index contributed by atoms with van der Waals surface area (Å²) in [5.74, 6) is 0.938. The summed E-state index contributed by atoms with van der Waals surface area (Å²) < 4.78 is 32.4. The van der Waals surface area contributed by atoms with Crippen molar-refractivity contribution in [1.29, 1.82) is 0 Å². The van der Waals surface area contributed by atoms with Crippen molar-refractivity contribution in [3.05, 3.63) is 24.3 Å². The van der Waals surface area contributed by atoms with E-state index in [9.17, 15) is 8.42 Å². The number of sulfonamides is 1. The van der Waals surface area contributed by atoms with E-state index in [4.69, 9.17) is 4.74 Å². The first-order valence-corrected chi connectivity index (χ1v) is 8.75. The predicted octanol–water partition coefficient (Wildman–Crippen LogP) is 1.70. The van der Waals surface area contributed by atoms with Gasteiger partial charge in [-0.25, -0.2) is 8.42 Å². The minimum atomic E-state index is -3.51. The molecule has 1 aromatic rings. The second-order valence-electron chi connectivity index (χ2n) is 5.79. The van der Waals surface area contributed by atoms with E-state index < -0.39 is 10.0 Å². The molecule has 0 bridgehead atoms. The maximum atomic E-state index is 12.8. The summed E-state index contributed by atoms with van der Waals surface area (Å²) in [6.07, 6.45) is 0.970. The van der Waals surface area contributed by atoms with Gasteiger partial charge in [-0.1, -0.05) is 26.0 Å². The van der Waals surface area contributed by atoms with Crippen LogP contribution in [0.25, 0.3) is 0 Å². The van der Waals surface area contributed by atoms with Gasteiger partial charge in [0.2, 0.25) is 10.0 Å². The lowest BCUT2D eigenvalue weighted by Crippen LogP contribution is -2.52. The van der Waals surface area contributed by atoms with Crippen LogP contribution in [0.3, 0.4) is 0 Å². The number of ether oxygens (including phenoxy) is 1. The number of rotatable bonds is 5. The van der Waals surface area contributed by atoms with Crippen LogP contribution in [-0.4, -0.2) is 45.5 Å². The van der Waals surface area contributed by atoms with Gasteiger partial charge < -0.3 is 10.1 Å². The Morgan fingerprint density at radius 1 is 1.38 bits per heavy atom. The first-order valence-electron chi connectivity index (χ1n) is 7.31. The van der Waals surface area contributed by atoms with Crippen LogP contribution in [0.5, 0.6) is 5.75 Å². The average Bonchev–Trinajstić information content (AvgIpc) is 2.46. The number of nitrogens with one attached hydrogen (secondary N) is 1. The molecule has 1 saturated heterocycles. The van der Waals surface area contributed by atoms with Crippen molar-refractivity contribution in [2.45, 2.75) is 31.2 Å². The highest BCUT2D eigenvalue weighted by molar-refractivity contribution is 7.89. The molecule has 6 heteroatoms. The zero-order valence-electron chi connectivity index (χ0n) is 12.9. The van der Waals surface area contributed by atoms with Crippen molar-refractivity contribution < 1.29 is 13.2 Å². The van der Waals surface area contributed by atoms with Gasteiger partial charge in [-0.3, -0.25) is 0 Å². The van der Waals surface area contributed by atoms with Crippen molar-refractivity contribution in [3.8, 4) is 5.75 Å². The molecule has 1 aliphatic heterocycles. The second-order valence-corrected chi connectivity index (χ2v) is 7.70. The maximum absolute atomic E-state index is 12.8. The van der Waals surface area contributed by atoms with Crippen molar-refractivity contribution in [1.82, 2.24) is 9.62 Å². The molecule has 0 aromatic heterocycles. The highest BCUT2D eigenvalue weighted by Gasteiger charge is 2.31. The van der Waals surface area contributed by atoms with Gasteiger partial charge in [-0.05, 0) is 24.5 Å². The molecule has 21 heavy (non-hydrogen) atoms. The molecule has 118 valence electrons. The lowest BCUT2D eigenvalue weighted by Gasteiger charge is -2.34. The highest BCUT2D eigenvalue weighted by atomic mass is 32.2. The topological polar surface area (TPSA) is 58.6 Å². The fourth-order valence-corrected chi connectivity index (χ4v) is 4.35. The van der Waals surface area contributed by atoms with Gasteiger partial charge in [0.15, 0.2) is 0 Å². The van der Waals surface area contributed by atoms with E-state index in [0.29, 0.717) is 31.3 Å². The average molecular weight is 312 g/mol. The van der Waals surface area contributed by atoms with Crippen LogP contribution in [-0.2, 0) is 10.0 Å². The van der Waals surface area contributed by atoms with Crippen LogP contribution in [0.2, 0.25) is 0 Å². The Kier molecular flexibility index (Phi) is 5.24. The summed E-state index contributed by atoms with van der Waals surface area (Å²) in [5, 5.41) is 3.40. The van der Waals surface area contributed by atoms with Crippen LogP contribution >= 0.6 is 0 Å². The van der Waals surface area contributed by atoms with E-state index in [0.717, 1.165) is 6.42 Å². The number of methoxy groups -OCH3 is 1. The van der Waals surface area contributed by atoms with Crippen molar-refractivity contribution in [3.63, 3.8) is 0 Å². The molecule has 0 spiro atoms. The van der Waals surface area contributed by atoms with E-state index in [2.05, 4.69) is 19.2 Å². The zero-order chi connectivity index (χ0) is 15.5. The number of hydrogen-bond donors (Lipinski definition) is 1. The number of nitrogens with zero attached hydrogens (tertiary/aromatic N) is 1. The van der Waals surface area contributed by atoms with E-state index in [1.165, 1.54) is 7.11 Å². The quantitative estimate of drug-likeness (QED) is 0.899. The van der Waals surface area contributed by atoms with Gasteiger partial charge in [0, 0.05) is 25.7 Å². The van der Waals surface area contributed by atoms with Crippen LogP contribution < -0.4 is 10.1 Å². The Morgan fingerprint density at radius 3 is 2.76 bits per heavy atom. The SMILES string of the molecule is COc1ccccc1S(=O)(=O)N1CCNC(CC(C)C)C1. The molecule has 1 aromatic carbocycles. The molecule has 0 radical (unpaired) electrons. The predicted molar refractivity (Wildman–Crippen MR) is 83.0 cm³/mol. The van der Waals surface area contributed by atoms with Crippen LogP contribution in [0, 0.1) is 5.92 Å². The fraction of sp³-hybridized carbons (Fsp3) is 0.600. The maximum Gasteiger partial charge on any atom is 0.246 e. The molecule has 1 fully saturated rings. The monoisotopic (exact) mass is 312 g/mol. The summed E-state index contributed by atoms with van der Waals surface area (Å²) in [6, 6.07) is 7.00. The van der Waals surface area contributed by atoms with Gasteiger partial charge in [0.1, 0.15) is 10.6 Å². The Bertz CT molecular complexity index is 572. The van der Waals surface area contributed by atoms with Gasteiger partial charge in [0.05, 0.1) is 7.11 Å². The first-order chi connectivity index (χ1) is 9.95. The number of piperazine rings is 1. The van der Waals surface area contributed by atoms with E-state index in [-0.39, 0.29) is 10.9 Å². The molecule has 1 heterocycles. The summed E-state index contributed by atoms with van der Waals surface area (Å²) in [6.45, 7) is 5.99. The number of benzene rings is 1. The van der Waals surface area contributed by atoms with E-state index in [1.807, 2.05) is 0 Å². The van der Waals surface area contributed by atoms with Gasteiger partial charge >= 0.3 is 0 Å². The third-order valence-electron chi connectivity index (χ3n) is 3.66. The lowest BCUT2D eigenvalue weighted by molar-refractivity contribution is 0.271. The summed E-state index contributed by atoms with van der Waals surface area (Å²) in [7, 11) is -2.01. The molecular weight excluding hydrogens is 288 g/mol. The second kappa shape index (κ2) is 6.77. The van der Waals surface area contributed by atoms with Crippen LogP contribution in [0.4, 0.5) is 0 Å². The molecule has 0 amide bonds. The third kappa shape index (κ3) is 3.75. The van der Waals surface area contributed by atoms with Crippen molar-refractivity contribution in [2.75, 3.05) is 26.7 Å². The van der Waals surface area contributed by atoms with E-state index in [1.54, 1.807) is 28.6 Å². The number of para-hydroxylation sites is 1. The van der Waals surface area contributed by atoms with Gasteiger partial charge in [0.25, 0.3) is 0 Å². The number of hydrogen-bond acceptors (Lipinski definition) is 4. The van der Waals surface area contributed by atoms with Crippen molar-refractivity contribution in [2.24, 2.45) is 5.92 Å². The zero-order valence-corrected chi connectivity index (χ0v) is 13.7. The summed E-state index contributed by atoms with van der Waals surface area (Å²) in [4.78, 5) is 0.248. The minimum absolute atomic E-state index is 0.211. The highest BCUT2D eigenvalue weighted by Crippen LogP contribution is 2.27. The fourth-order valence-electron chi connectivity index (χ4n) is 2.71.